The van der Waals surface area contributed by atoms with Gasteiger partial charge in [0, 0.05) is 34.6 Å². The van der Waals surface area contributed by atoms with Crippen LogP contribution in [0.2, 0.25) is 0 Å². The molecule has 1 aromatic carbocycles. The van der Waals surface area contributed by atoms with Gasteiger partial charge in [-0.05, 0) is 38.8 Å². The Morgan fingerprint density at radius 2 is 1.81 bits per heavy atom. The van der Waals surface area contributed by atoms with Gasteiger partial charge in [-0.15, -0.1) is 0 Å². The first-order chi connectivity index (χ1) is 14.6. The average Bonchev–Trinajstić information content (AvgIpc) is 2.72. The Morgan fingerprint density at radius 1 is 1.13 bits per heavy atom. The first-order valence-corrected chi connectivity index (χ1v) is 10.4. The van der Waals surface area contributed by atoms with E-state index in [0.717, 1.165) is 11.1 Å². The van der Waals surface area contributed by atoms with E-state index in [1.165, 1.54) is 6.07 Å². The maximum Gasteiger partial charge on any atom is 0.293 e. The number of Topliss-reactive ketones (excluding diaryl/α,β-unsaturated/α-hetero) is 2. The van der Waals surface area contributed by atoms with Crippen molar-refractivity contribution in [2.45, 2.75) is 65.8 Å². The number of rotatable bonds is 4. The third-order valence-electron chi connectivity index (χ3n) is 6.97. The zero-order chi connectivity index (χ0) is 22.8. The summed E-state index contributed by atoms with van der Waals surface area (Å²) in [6, 6.07) is 1.47. The normalized spacial score (nSPS) is 26.7. The fourth-order valence-electron chi connectivity index (χ4n) is 4.85. The molecule has 0 radical (unpaired) electrons. The van der Waals surface area contributed by atoms with Crippen LogP contribution < -0.4 is 4.74 Å². The van der Waals surface area contributed by atoms with Crippen molar-refractivity contribution in [3.63, 3.8) is 0 Å². The maximum absolute atomic E-state index is 13.5. The SMILES string of the molecule is CC1=C([C@H](C)[C@@H](C)OC=O)C(=O)C2=C(C1=O)[C@@H]1O[C@H](C)[C@@H](C)c3c(C)c(O)cc(c31)O2. The fraction of sp³-hybridized carbons (Fsp3) is 0.458. The monoisotopic (exact) mass is 426 g/mol. The first-order valence-electron chi connectivity index (χ1n) is 10.4. The number of phenolic OH excluding ortho intramolecular Hbond substituents is 1. The third kappa shape index (κ3) is 2.94. The summed E-state index contributed by atoms with van der Waals surface area (Å²) in [5, 5.41) is 10.5. The number of allylic oxidation sites excluding steroid dienone is 2. The van der Waals surface area contributed by atoms with Crippen LogP contribution in [0.25, 0.3) is 0 Å². The molecular formula is C24H26O7. The lowest BCUT2D eigenvalue weighted by Crippen LogP contribution is -2.39. The molecule has 4 rings (SSSR count). The van der Waals surface area contributed by atoms with Gasteiger partial charge in [-0.2, -0.15) is 0 Å². The number of ketones is 2. The molecule has 2 heterocycles. The number of phenols is 1. The minimum absolute atomic E-state index is 0.0224. The van der Waals surface area contributed by atoms with Crippen LogP contribution >= 0.6 is 0 Å². The topological polar surface area (TPSA) is 99.1 Å². The molecule has 0 saturated heterocycles. The highest BCUT2D eigenvalue weighted by molar-refractivity contribution is 6.25. The van der Waals surface area contributed by atoms with Crippen molar-refractivity contribution in [2.24, 2.45) is 5.92 Å². The Labute approximate surface area is 180 Å². The second-order valence-corrected chi connectivity index (χ2v) is 8.62. The van der Waals surface area contributed by atoms with Crippen LogP contribution in [0, 0.1) is 12.8 Å². The molecule has 7 heteroatoms. The molecule has 1 aliphatic carbocycles. The quantitative estimate of drug-likeness (QED) is 0.580. The Kier molecular flexibility index (Phi) is 5.04. The van der Waals surface area contributed by atoms with Crippen molar-refractivity contribution in [3.05, 3.63) is 45.2 Å². The minimum Gasteiger partial charge on any atom is -0.508 e. The molecule has 7 nitrogen and oxygen atoms in total. The third-order valence-corrected chi connectivity index (χ3v) is 6.97. The molecule has 164 valence electrons. The molecule has 0 saturated carbocycles. The van der Waals surface area contributed by atoms with E-state index >= 15 is 0 Å². The van der Waals surface area contributed by atoms with E-state index in [9.17, 15) is 19.5 Å². The van der Waals surface area contributed by atoms with Crippen LogP contribution in [-0.2, 0) is 23.9 Å². The van der Waals surface area contributed by atoms with E-state index in [1.807, 2.05) is 20.8 Å². The summed E-state index contributed by atoms with van der Waals surface area (Å²) in [4.78, 5) is 37.7. The Bertz CT molecular complexity index is 1080. The summed E-state index contributed by atoms with van der Waals surface area (Å²) in [5.41, 5.74) is 3.06. The van der Waals surface area contributed by atoms with Crippen LogP contribution in [0.4, 0.5) is 0 Å². The van der Waals surface area contributed by atoms with Gasteiger partial charge >= 0.3 is 0 Å². The minimum atomic E-state index is -0.744. The number of hydrogen-bond acceptors (Lipinski definition) is 7. The fourth-order valence-corrected chi connectivity index (χ4v) is 4.85. The number of ether oxygens (including phenoxy) is 3. The van der Waals surface area contributed by atoms with E-state index in [2.05, 4.69) is 0 Å². The lowest BCUT2D eigenvalue weighted by atomic mass is 9.74. The number of benzene rings is 1. The molecule has 3 aliphatic rings. The highest BCUT2D eigenvalue weighted by Gasteiger charge is 2.48. The molecule has 0 amide bonds. The molecule has 1 aromatic rings. The lowest BCUT2D eigenvalue weighted by Gasteiger charge is -2.42. The van der Waals surface area contributed by atoms with Crippen molar-refractivity contribution in [3.8, 4) is 11.5 Å². The van der Waals surface area contributed by atoms with Gasteiger partial charge in [0.25, 0.3) is 6.47 Å². The van der Waals surface area contributed by atoms with Crippen molar-refractivity contribution in [2.75, 3.05) is 0 Å². The van der Waals surface area contributed by atoms with Gasteiger partial charge < -0.3 is 19.3 Å². The summed E-state index contributed by atoms with van der Waals surface area (Å²) in [6.07, 6.45) is -1.57. The first kappa shape index (κ1) is 21.3. The summed E-state index contributed by atoms with van der Waals surface area (Å²) in [7, 11) is 0. The second kappa shape index (κ2) is 7.34. The van der Waals surface area contributed by atoms with Gasteiger partial charge in [-0.1, -0.05) is 13.8 Å². The van der Waals surface area contributed by atoms with Crippen molar-refractivity contribution < 1.29 is 33.7 Å². The van der Waals surface area contributed by atoms with Gasteiger partial charge in [-0.25, -0.2) is 0 Å². The van der Waals surface area contributed by atoms with Gasteiger partial charge in [0.1, 0.15) is 23.7 Å². The van der Waals surface area contributed by atoms with Gasteiger partial charge in [-0.3, -0.25) is 14.4 Å². The van der Waals surface area contributed by atoms with Crippen LogP contribution in [0.1, 0.15) is 63.3 Å². The molecule has 0 bridgehead atoms. The number of carbonyl (C=O) groups is 3. The van der Waals surface area contributed by atoms with Crippen molar-refractivity contribution in [1.29, 1.82) is 0 Å². The van der Waals surface area contributed by atoms with E-state index in [-0.39, 0.29) is 40.5 Å². The second-order valence-electron chi connectivity index (χ2n) is 8.62. The van der Waals surface area contributed by atoms with Gasteiger partial charge in [0.2, 0.25) is 5.78 Å². The molecule has 0 unspecified atom stereocenters. The maximum atomic E-state index is 13.5. The number of carbonyl (C=O) groups excluding carboxylic acids is 3. The Morgan fingerprint density at radius 3 is 2.45 bits per heavy atom. The highest BCUT2D eigenvalue weighted by atomic mass is 16.5. The highest BCUT2D eigenvalue weighted by Crippen LogP contribution is 2.54. The molecule has 0 fully saturated rings. The largest absolute Gasteiger partial charge is 0.508 e. The van der Waals surface area contributed by atoms with Crippen LogP contribution in [0.3, 0.4) is 0 Å². The van der Waals surface area contributed by atoms with Gasteiger partial charge in [0.05, 0.1) is 11.7 Å². The summed E-state index contributed by atoms with van der Waals surface area (Å²) in [6.45, 7) is 11.1. The van der Waals surface area contributed by atoms with Crippen molar-refractivity contribution >= 4 is 18.0 Å². The Hall–Kier alpha value is -2.93. The van der Waals surface area contributed by atoms with E-state index in [4.69, 9.17) is 14.2 Å². The van der Waals surface area contributed by atoms with Gasteiger partial charge in [0.15, 0.2) is 11.5 Å². The standard InChI is InChI=1S/C24H26O7/c1-9(13(5)29-8-25)18-12(4)21(27)20-23-19-16(31-24(20)22(18)28)7-15(26)11(3)17(19)10(2)14(6)30-23/h7-10,13-14,23,26H,1-6H3/t9-,10-,13-,14-,23-/m1/s1. The molecule has 31 heavy (non-hydrogen) atoms. The number of hydrogen-bond donors (Lipinski definition) is 1. The summed E-state index contributed by atoms with van der Waals surface area (Å²) < 4.78 is 17.2. The average molecular weight is 426 g/mol. The zero-order valence-corrected chi connectivity index (χ0v) is 18.4. The lowest BCUT2D eigenvalue weighted by molar-refractivity contribution is -0.135. The molecule has 2 aliphatic heterocycles. The molecular weight excluding hydrogens is 400 g/mol. The van der Waals surface area contributed by atoms with Crippen molar-refractivity contribution in [1.82, 2.24) is 0 Å². The van der Waals surface area contributed by atoms with E-state index < -0.39 is 23.9 Å². The van der Waals surface area contributed by atoms with E-state index in [0.29, 0.717) is 23.4 Å². The van der Waals surface area contributed by atoms with Crippen LogP contribution in [0.5, 0.6) is 11.5 Å². The number of aromatic hydroxyl groups is 1. The predicted molar refractivity (Wildman–Crippen MR) is 111 cm³/mol. The summed E-state index contributed by atoms with van der Waals surface area (Å²) >= 11 is 0. The smallest absolute Gasteiger partial charge is 0.293 e. The van der Waals surface area contributed by atoms with E-state index in [1.54, 1.807) is 20.8 Å². The molecule has 0 aromatic heterocycles. The van der Waals surface area contributed by atoms with Crippen LogP contribution in [0.15, 0.2) is 28.5 Å². The zero-order valence-electron chi connectivity index (χ0n) is 18.4. The molecule has 5 atom stereocenters. The predicted octanol–water partition coefficient (Wildman–Crippen LogP) is 3.58. The van der Waals surface area contributed by atoms with Crippen LogP contribution in [-0.4, -0.2) is 35.4 Å². The molecule has 1 N–H and O–H groups in total. The number of fused-ring (bicyclic) bond motifs is 1. The summed E-state index contributed by atoms with van der Waals surface area (Å²) in [5.74, 6) is -0.957. The Balaban J connectivity index is 1.88. The molecule has 0 spiro atoms.